The zero-order valence-corrected chi connectivity index (χ0v) is 27.1. The summed E-state index contributed by atoms with van der Waals surface area (Å²) in [5.41, 5.74) is 1.11. The highest BCUT2D eigenvalue weighted by Crippen LogP contribution is 2.36. The quantitative estimate of drug-likeness (QED) is 0.335. The smallest absolute Gasteiger partial charge is 0.245 e. The minimum atomic E-state index is -0.858. The van der Waals surface area contributed by atoms with E-state index in [1.807, 2.05) is 14.0 Å². The van der Waals surface area contributed by atoms with Gasteiger partial charge >= 0.3 is 0 Å². The topological polar surface area (TPSA) is 138 Å². The Balaban J connectivity index is 1.52. The molecule has 2 fully saturated rings. The normalized spacial score (nSPS) is 21.1. The number of Topliss-reactive ketones (excluding diaryl/α,β-unsaturated/α-hetero) is 1. The van der Waals surface area contributed by atoms with E-state index in [1.165, 1.54) is 12.1 Å². The molecule has 4 rings (SSSR count). The molecule has 1 aliphatic carbocycles. The maximum absolute atomic E-state index is 15.6. The van der Waals surface area contributed by atoms with Crippen molar-refractivity contribution < 1.29 is 28.2 Å². The average Bonchev–Trinajstić information content (AvgIpc) is 3.53. The first kappa shape index (κ1) is 34.2. The van der Waals surface area contributed by atoms with Gasteiger partial charge in [-0.25, -0.2) is 9.02 Å². The van der Waals surface area contributed by atoms with Crippen molar-refractivity contribution in [3.05, 3.63) is 41.0 Å². The minimum absolute atomic E-state index is 0.00513. The van der Waals surface area contributed by atoms with E-state index in [1.54, 1.807) is 24.8 Å². The zero-order valence-electron chi connectivity index (χ0n) is 27.1. The van der Waals surface area contributed by atoms with Gasteiger partial charge in [-0.1, -0.05) is 51.8 Å². The predicted molar refractivity (Wildman–Crippen MR) is 167 cm³/mol. The number of anilines is 1. The summed E-state index contributed by atoms with van der Waals surface area (Å²) in [6, 6.07) is 3.60. The van der Waals surface area contributed by atoms with Gasteiger partial charge in [-0.05, 0) is 61.0 Å². The van der Waals surface area contributed by atoms with E-state index < -0.39 is 29.6 Å². The number of amides is 3. The molecule has 246 valence electrons. The Morgan fingerprint density at radius 2 is 1.73 bits per heavy atom. The number of hydrogen-bond donors (Lipinski definition) is 2. The molecule has 0 radical (unpaired) electrons. The summed E-state index contributed by atoms with van der Waals surface area (Å²) < 4.78 is 20.4. The maximum Gasteiger partial charge on any atom is 0.245 e. The molecule has 2 aromatic rings. The van der Waals surface area contributed by atoms with Gasteiger partial charge in [0.05, 0.1) is 5.69 Å². The Morgan fingerprint density at radius 1 is 1.04 bits per heavy atom. The van der Waals surface area contributed by atoms with Crippen molar-refractivity contribution in [3.63, 3.8) is 0 Å². The summed E-state index contributed by atoms with van der Waals surface area (Å²) in [6.07, 6.45) is 4.13. The van der Waals surface area contributed by atoms with Gasteiger partial charge in [-0.3, -0.25) is 19.2 Å². The Kier molecular flexibility index (Phi) is 11.8. The second-order valence-corrected chi connectivity index (χ2v) is 12.7. The van der Waals surface area contributed by atoms with Crippen molar-refractivity contribution in [1.29, 1.82) is 0 Å². The summed E-state index contributed by atoms with van der Waals surface area (Å²) in [7, 11) is 2.00. The lowest BCUT2D eigenvalue weighted by Crippen LogP contribution is -2.55. The number of hydrogen-bond acceptors (Lipinski definition) is 8. The Morgan fingerprint density at radius 3 is 2.36 bits per heavy atom. The molecule has 3 amide bonds. The van der Waals surface area contributed by atoms with Crippen LogP contribution in [0.4, 0.5) is 10.1 Å². The van der Waals surface area contributed by atoms with Crippen molar-refractivity contribution in [3.8, 4) is 0 Å². The highest BCUT2D eigenvalue weighted by Gasteiger charge is 2.36. The molecule has 0 spiro atoms. The second-order valence-electron chi connectivity index (χ2n) is 12.7. The number of aromatic nitrogens is 2. The lowest BCUT2D eigenvalue weighted by atomic mass is 9.74. The SMILES string of the molecule is CCC(=O)N[C@@H](C(=O)N1CCN(C)CC1)[C@@H](C)c1ccc(NC(=O)[C@@H](CC(=O)c2nonc2CC)C2CCC(C)CC2)c(F)c1. The first-order chi connectivity index (χ1) is 21.5. The van der Waals surface area contributed by atoms with Crippen LogP contribution in [0.2, 0.25) is 0 Å². The van der Waals surface area contributed by atoms with Crippen molar-refractivity contribution in [2.45, 2.75) is 84.6 Å². The van der Waals surface area contributed by atoms with Crippen LogP contribution in [-0.2, 0) is 20.8 Å². The van der Waals surface area contributed by atoms with Crippen LogP contribution in [0.3, 0.4) is 0 Å². The molecule has 11 nitrogen and oxygen atoms in total. The molecular weight excluding hydrogens is 579 g/mol. The standard InChI is InChI=1S/C33H47FN6O5/c1-6-26-31(38-45-37-26)28(41)19-24(22-10-8-20(3)9-11-22)32(43)35-27-13-12-23(18-25(27)34)21(4)30(36-29(42)7-2)33(44)40-16-14-39(5)15-17-40/h12-13,18,20-22,24,30H,6-11,14-17,19H2,1-5H3,(H,35,43)(H,36,42)/t20?,21-,22?,24-,30+/m0/s1. The third kappa shape index (κ3) is 8.53. The number of halogens is 1. The molecule has 1 aromatic heterocycles. The summed E-state index contributed by atoms with van der Waals surface area (Å²) >= 11 is 0. The number of carbonyl (C=O) groups is 4. The fraction of sp³-hybridized carbons (Fsp3) is 0.636. The Labute approximate surface area is 264 Å². The van der Waals surface area contributed by atoms with Gasteiger partial charge in [-0.2, -0.15) is 0 Å². The summed E-state index contributed by atoms with van der Waals surface area (Å²) in [6.45, 7) is 10.1. The van der Waals surface area contributed by atoms with Gasteiger partial charge in [0.25, 0.3) is 0 Å². The summed E-state index contributed by atoms with van der Waals surface area (Å²) in [5, 5.41) is 13.2. The molecule has 2 aliphatic rings. The molecular formula is C33H47FN6O5. The summed E-state index contributed by atoms with van der Waals surface area (Å²) in [4.78, 5) is 56.7. The first-order valence-electron chi connectivity index (χ1n) is 16.2. The number of carbonyl (C=O) groups excluding carboxylic acids is 4. The van der Waals surface area contributed by atoms with Gasteiger partial charge < -0.3 is 20.4 Å². The number of benzene rings is 1. The second kappa shape index (κ2) is 15.6. The van der Waals surface area contributed by atoms with Crippen LogP contribution in [0, 0.1) is 23.6 Å². The number of aryl methyl sites for hydroxylation is 1. The minimum Gasteiger partial charge on any atom is -0.344 e. The van der Waals surface area contributed by atoms with Crippen LogP contribution in [-0.4, -0.2) is 82.9 Å². The lowest BCUT2D eigenvalue weighted by molar-refractivity contribution is -0.138. The number of nitrogens with one attached hydrogen (secondary N) is 2. The lowest BCUT2D eigenvalue weighted by Gasteiger charge is -2.36. The van der Waals surface area contributed by atoms with Crippen LogP contribution in [0.15, 0.2) is 22.8 Å². The van der Waals surface area contributed by atoms with Crippen LogP contribution in [0.1, 0.15) is 93.9 Å². The molecule has 1 saturated heterocycles. The highest BCUT2D eigenvalue weighted by molar-refractivity contribution is 6.00. The number of nitrogens with zero attached hydrogens (tertiary/aromatic N) is 4. The fourth-order valence-electron chi connectivity index (χ4n) is 6.34. The summed E-state index contributed by atoms with van der Waals surface area (Å²) in [5.74, 6) is -2.52. The van der Waals surface area contributed by atoms with Crippen LogP contribution in [0.25, 0.3) is 0 Å². The first-order valence-corrected chi connectivity index (χ1v) is 16.2. The van der Waals surface area contributed by atoms with Gasteiger partial charge in [0, 0.05) is 50.9 Å². The van der Waals surface area contributed by atoms with Crippen LogP contribution < -0.4 is 10.6 Å². The van der Waals surface area contributed by atoms with E-state index in [9.17, 15) is 19.2 Å². The molecule has 1 aromatic carbocycles. The Hall–Kier alpha value is -3.67. The van der Waals surface area contributed by atoms with E-state index in [-0.39, 0.29) is 47.7 Å². The number of piperazine rings is 1. The van der Waals surface area contributed by atoms with E-state index in [0.717, 1.165) is 38.8 Å². The molecule has 1 aliphatic heterocycles. The van der Waals surface area contributed by atoms with Gasteiger partial charge in [-0.15, -0.1) is 0 Å². The molecule has 2 heterocycles. The van der Waals surface area contributed by atoms with Crippen molar-refractivity contribution in [2.24, 2.45) is 17.8 Å². The van der Waals surface area contributed by atoms with Crippen LogP contribution >= 0.6 is 0 Å². The molecule has 12 heteroatoms. The van der Waals surface area contributed by atoms with E-state index >= 15 is 4.39 Å². The third-order valence-corrected chi connectivity index (χ3v) is 9.52. The number of rotatable bonds is 12. The highest BCUT2D eigenvalue weighted by atomic mass is 19.1. The van der Waals surface area contributed by atoms with Gasteiger partial charge in [0.1, 0.15) is 17.6 Å². The maximum atomic E-state index is 15.6. The average molecular weight is 627 g/mol. The molecule has 1 saturated carbocycles. The predicted octanol–water partition coefficient (Wildman–Crippen LogP) is 4.20. The van der Waals surface area contributed by atoms with Crippen molar-refractivity contribution >= 4 is 29.2 Å². The van der Waals surface area contributed by atoms with Crippen molar-refractivity contribution in [1.82, 2.24) is 25.4 Å². The molecule has 0 unspecified atom stereocenters. The third-order valence-electron chi connectivity index (χ3n) is 9.52. The number of likely N-dealkylation sites (N-methyl/N-ethyl adjacent to an activating group) is 1. The zero-order chi connectivity index (χ0) is 32.7. The largest absolute Gasteiger partial charge is 0.344 e. The Bertz CT molecular complexity index is 1350. The van der Waals surface area contributed by atoms with Gasteiger partial charge in [0.15, 0.2) is 11.5 Å². The van der Waals surface area contributed by atoms with E-state index in [2.05, 4.69) is 32.8 Å². The molecule has 3 atom stereocenters. The molecule has 0 bridgehead atoms. The van der Waals surface area contributed by atoms with E-state index in [4.69, 9.17) is 4.63 Å². The molecule has 2 N–H and O–H groups in total. The fourth-order valence-corrected chi connectivity index (χ4v) is 6.34. The van der Waals surface area contributed by atoms with E-state index in [0.29, 0.717) is 36.7 Å². The van der Waals surface area contributed by atoms with Crippen LogP contribution in [0.5, 0.6) is 0 Å². The monoisotopic (exact) mass is 626 g/mol. The van der Waals surface area contributed by atoms with Crippen molar-refractivity contribution in [2.75, 3.05) is 38.5 Å². The molecule has 45 heavy (non-hydrogen) atoms. The number of ketones is 1. The van der Waals surface area contributed by atoms with Gasteiger partial charge in [0.2, 0.25) is 17.7 Å².